The molecule has 0 radical (unpaired) electrons. The van der Waals surface area contributed by atoms with Crippen LogP contribution in [0, 0.1) is 11.8 Å². The topological polar surface area (TPSA) is 0 Å². The van der Waals surface area contributed by atoms with Gasteiger partial charge >= 0.3 is 0 Å². The second-order valence-corrected chi connectivity index (χ2v) is 3.40. The predicted octanol–water partition coefficient (Wildman–Crippen LogP) is 3.69. The standard InChI is InChI=1S/C9H19Cl/c1-4-6-8(3)9(5-2)7-10/h8-9H,4-7H2,1-3H3. The van der Waals surface area contributed by atoms with Crippen LogP contribution in [0.4, 0.5) is 0 Å². The van der Waals surface area contributed by atoms with Gasteiger partial charge in [0.2, 0.25) is 0 Å². The van der Waals surface area contributed by atoms with Gasteiger partial charge in [-0.2, -0.15) is 0 Å². The summed E-state index contributed by atoms with van der Waals surface area (Å²) in [5.41, 5.74) is 0. The fraction of sp³-hybridized carbons (Fsp3) is 1.00. The molecule has 62 valence electrons. The van der Waals surface area contributed by atoms with E-state index in [1.54, 1.807) is 0 Å². The normalized spacial score (nSPS) is 16.8. The van der Waals surface area contributed by atoms with Crippen molar-refractivity contribution in [1.29, 1.82) is 0 Å². The van der Waals surface area contributed by atoms with Crippen molar-refractivity contribution in [3.05, 3.63) is 0 Å². The molecule has 0 aliphatic rings. The molecule has 0 nitrogen and oxygen atoms in total. The first kappa shape index (κ1) is 10.3. The van der Waals surface area contributed by atoms with Gasteiger partial charge in [-0.3, -0.25) is 0 Å². The summed E-state index contributed by atoms with van der Waals surface area (Å²) in [7, 11) is 0. The highest BCUT2D eigenvalue weighted by Gasteiger charge is 2.12. The van der Waals surface area contributed by atoms with Crippen LogP contribution in [-0.4, -0.2) is 5.88 Å². The van der Waals surface area contributed by atoms with Crippen LogP contribution in [0.2, 0.25) is 0 Å². The van der Waals surface area contributed by atoms with Crippen molar-refractivity contribution in [3.8, 4) is 0 Å². The van der Waals surface area contributed by atoms with Gasteiger partial charge < -0.3 is 0 Å². The zero-order chi connectivity index (χ0) is 7.98. The van der Waals surface area contributed by atoms with E-state index in [4.69, 9.17) is 11.6 Å². The van der Waals surface area contributed by atoms with Crippen LogP contribution in [-0.2, 0) is 0 Å². The molecule has 0 aromatic heterocycles. The molecule has 0 aliphatic carbocycles. The number of halogens is 1. The maximum atomic E-state index is 5.80. The Morgan fingerprint density at radius 2 is 1.90 bits per heavy atom. The van der Waals surface area contributed by atoms with Crippen molar-refractivity contribution < 1.29 is 0 Å². The molecule has 2 unspecified atom stereocenters. The molecule has 0 aliphatic heterocycles. The Kier molecular flexibility index (Phi) is 6.20. The molecule has 0 aromatic carbocycles. The molecule has 0 bridgehead atoms. The Labute approximate surface area is 70.0 Å². The van der Waals surface area contributed by atoms with Gasteiger partial charge in [0.1, 0.15) is 0 Å². The number of hydrogen-bond acceptors (Lipinski definition) is 0. The van der Waals surface area contributed by atoms with Crippen LogP contribution in [0.1, 0.15) is 40.0 Å². The van der Waals surface area contributed by atoms with Crippen molar-refractivity contribution in [2.45, 2.75) is 40.0 Å². The van der Waals surface area contributed by atoms with E-state index < -0.39 is 0 Å². The molecule has 0 fully saturated rings. The summed E-state index contributed by atoms with van der Waals surface area (Å²) < 4.78 is 0. The first-order valence-electron chi connectivity index (χ1n) is 4.32. The van der Waals surface area contributed by atoms with Crippen molar-refractivity contribution in [3.63, 3.8) is 0 Å². The molecule has 0 saturated heterocycles. The molecule has 0 amide bonds. The van der Waals surface area contributed by atoms with Gasteiger partial charge in [0.15, 0.2) is 0 Å². The average Bonchev–Trinajstić information content (AvgIpc) is 1.91. The predicted molar refractivity (Wildman–Crippen MR) is 48.6 cm³/mol. The van der Waals surface area contributed by atoms with E-state index in [-0.39, 0.29) is 0 Å². The minimum absolute atomic E-state index is 0.738. The van der Waals surface area contributed by atoms with E-state index in [1.165, 1.54) is 19.3 Å². The summed E-state index contributed by atoms with van der Waals surface area (Å²) in [4.78, 5) is 0. The third kappa shape index (κ3) is 3.46. The molecule has 0 N–H and O–H groups in total. The minimum Gasteiger partial charge on any atom is -0.126 e. The van der Waals surface area contributed by atoms with E-state index in [2.05, 4.69) is 20.8 Å². The lowest BCUT2D eigenvalue weighted by molar-refractivity contribution is 0.356. The summed E-state index contributed by atoms with van der Waals surface area (Å²) in [6, 6.07) is 0. The first-order valence-corrected chi connectivity index (χ1v) is 4.85. The second-order valence-electron chi connectivity index (χ2n) is 3.09. The molecule has 0 saturated carbocycles. The lowest BCUT2D eigenvalue weighted by atomic mass is 9.90. The average molecular weight is 163 g/mol. The van der Waals surface area contributed by atoms with Gasteiger partial charge in [0.25, 0.3) is 0 Å². The van der Waals surface area contributed by atoms with Gasteiger partial charge in [-0.15, -0.1) is 11.6 Å². The van der Waals surface area contributed by atoms with Crippen LogP contribution >= 0.6 is 11.6 Å². The van der Waals surface area contributed by atoms with E-state index in [9.17, 15) is 0 Å². The maximum Gasteiger partial charge on any atom is 0.0254 e. The maximum absolute atomic E-state index is 5.80. The van der Waals surface area contributed by atoms with Crippen LogP contribution < -0.4 is 0 Å². The summed E-state index contributed by atoms with van der Waals surface area (Å²) in [5.74, 6) is 2.38. The highest BCUT2D eigenvalue weighted by Crippen LogP contribution is 2.21. The Balaban J connectivity index is 3.53. The fourth-order valence-corrected chi connectivity index (χ4v) is 1.88. The van der Waals surface area contributed by atoms with Gasteiger partial charge in [0.05, 0.1) is 0 Å². The zero-order valence-electron chi connectivity index (χ0n) is 7.36. The van der Waals surface area contributed by atoms with E-state index >= 15 is 0 Å². The Morgan fingerprint density at radius 3 is 2.20 bits per heavy atom. The molecular formula is C9H19Cl. The highest BCUT2D eigenvalue weighted by atomic mass is 35.5. The van der Waals surface area contributed by atoms with Crippen LogP contribution in [0.25, 0.3) is 0 Å². The molecule has 0 rings (SSSR count). The van der Waals surface area contributed by atoms with Crippen LogP contribution in [0.3, 0.4) is 0 Å². The van der Waals surface area contributed by atoms with E-state index in [0.717, 1.165) is 17.7 Å². The fourth-order valence-electron chi connectivity index (χ4n) is 1.35. The smallest absolute Gasteiger partial charge is 0.0254 e. The SMILES string of the molecule is CCCC(C)C(CC)CCl. The van der Waals surface area contributed by atoms with E-state index in [1.807, 2.05) is 0 Å². The summed E-state index contributed by atoms with van der Waals surface area (Å²) in [6.07, 6.45) is 3.84. The monoisotopic (exact) mass is 162 g/mol. The Hall–Kier alpha value is 0.290. The molecule has 1 heteroatoms. The van der Waals surface area contributed by atoms with Gasteiger partial charge in [0, 0.05) is 5.88 Å². The Morgan fingerprint density at radius 1 is 1.30 bits per heavy atom. The molecular weight excluding hydrogens is 144 g/mol. The molecule has 0 spiro atoms. The van der Waals surface area contributed by atoms with Crippen LogP contribution in [0.15, 0.2) is 0 Å². The largest absolute Gasteiger partial charge is 0.126 e. The second kappa shape index (κ2) is 6.03. The molecule has 0 heterocycles. The van der Waals surface area contributed by atoms with Crippen molar-refractivity contribution in [2.75, 3.05) is 5.88 Å². The highest BCUT2D eigenvalue weighted by molar-refractivity contribution is 6.18. The zero-order valence-corrected chi connectivity index (χ0v) is 8.12. The molecule has 0 aromatic rings. The molecule has 10 heavy (non-hydrogen) atoms. The summed E-state index contributed by atoms with van der Waals surface area (Å²) in [6.45, 7) is 6.76. The lowest BCUT2D eigenvalue weighted by Gasteiger charge is -2.18. The van der Waals surface area contributed by atoms with Crippen molar-refractivity contribution in [2.24, 2.45) is 11.8 Å². The Bertz CT molecular complexity index is 67.1. The van der Waals surface area contributed by atoms with Gasteiger partial charge in [-0.25, -0.2) is 0 Å². The third-order valence-corrected chi connectivity index (χ3v) is 2.67. The number of rotatable bonds is 5. The number of alkyl halides is 1. The number of hydrogen-bond donors (Lipinski definition) is 0. The van der Waals surface area contributed by atoms with Crippen molar-refractivity contribution >= 4 is 11.6 Å². The molecule has 2 atom stereocenters. The summed E-state index contributed by atoms with van der Waals surface area (Å²) >= 11 is 5.80. The first-order chi connectivity index (χ1) is 4.76. The quantitative estimate of drug-likeness (QED) is 0.541. The third-order valence-electron chi connectivity index (χ3n) is 2.27. The van der Waals surface area contributed by atoms with Crippen molar-refractivity contribution in [1.82, 2.24) is 0 Å². The lowest BCUT2D eigenvalue weighted by Crippen LogP contribution is -2.11. The minimum atomic E-state index is 0.738. The van der Waals surface area contributed by atoms with Gasteiger partial charge in [-0.05, 0) is 11.8 Å². The van der Waals surface area contributed by atoms with Crippen LogP contribution in [0.5, 0.6) is 0 Å². The van der Waals surface area contributed by atoms with Gasteiger partial charge in [-0.1, -0.05) is 40.0 Å². The van der Waals surface area contributed by atoms with E-state index in [0.29, 0.717) is 0 Å². The summed E-state index contributed by atoms with van der Waals surface area (Å²) in [5, 5.41) is 0.